The lowest BCUT2D eigenvalue weighted by atomic mass is 10.0. The molecule has 0 saturated carbocycles. The quantitative estimate of drug-likeness (QED) is 0.0274. The van der Waals surface area contributed by atoms with Crippen molar-refractivity contribution in [3.8, 4) is 0 Å². The van der Waals surface area contributed by atoms with Crippen molar-refractivity contribution in [2.24, 2.45) is 0 Å². The van der Waals surface area contributed by atoms with E-state index in [1.807, 2.05) is 27.2 Å². The predicted octanol–water partition coefficient (Wildman–Crippen LogP) is 13.5. The second-order valence-electron chi connectivity index (χ2n) is 18.2. The second kappa shape index (κ2) is 41.3. The van der Waals surface area contributed by atoms with Gasteiger partial charge in [-0.05, 0) is 44.9 Å². The Morgan fingerprint density at radius 1 is 0.586 bits per heavy atom. The molecule has 1 amide bonds. The molecule has 2 N–H and O–H groups in total. The van der Waals surface area contributed by atoms with Gasteiger partial charge < -0.3 is 28.8 Å². The van der Waals surface area contributed by atoms with Crippen LogP contribution in [0.25, 0.3) is 0 Å². The number of nitrogens with one attached hydrogen (secondary N) is 1. The highest BCUT2D eigenvalue weighted by Gasteiger charge is 2.23. The summed E-state index contributed by atoms with van der Waals surface area (Å²) >= 11 is 0. The molecule has 0 heterocycles. The number of carbonyl (C=O) groups excluding carboxylic acids is 1. The van der Waals surface area contributed by atoms with Gasteiger partial charge in [-0.15, -0.1) is 0 Å². The van der Waals surface area contributed by atoms with E-state index in [9.17, 15) is 19.4 Å². The van der Waals surface area contributed by atoms with Crippen LogP contribution < -0.4 is 10.2 Å². The lowest BCUT2D eigenvalue weighted by Gasteiger charge is -2.29. The van der Waals surface area contributed by atoms with Gasteiger partial charge in [0.1, 0.15) is 13.2 Å². The van der Waals surface area contributed by atoms with Gasteiger partial charge in [0, 0.05) is 6.42 Å². The Balaban J connectivity index is 4.33. The molecule has 0 aromatic carbocycles. The highest BCUT2D eigenvalue weighted by Crippen LogP contribution is 2.38. The lowest BCUT2D eigenvalue weighted by Crippen LogP contribution is -2.45. The minimum absolute atomic E-state index is 0.00131. The highest BCUT2D eigenvalue weighted by atomic mass is 31.2. The van der Waals surface area contributed by atoms with E-state index in [0.29, 0.717) is 17.4 Å². The van der Waals surface area contributed by atoms with E-state index in [4.69, 9.17) is 9.05 Å². The van der Waals surface area contributed by atoms with Gasteiger partial charge in [-0.3, -0.25) is 9.36 Å². The highest BCUT2D eigenvalue weighted by molar-refractivity contribution is 7.45. The SMILES string of the molecule is CCCCCCCC/C=C\CCCCCCCC(=O)NC(COP(=O)([O-])OCC[N+](C)(C)C)C(O)/C=C/CCCCCCCCCCCCCCCCCCCCC. The van der Waals surface area contributed by atoms with Gasteiger partial charge in [0.05, 0.1) is 39.9 Å². The number of amides is 1. The number of quaternary nitrogens is 1. The Morgan fingerprint density at radius 3 is 1.34 bits per heavy atom. The average molecular weight is 841 g/mol. The molecule has 0 aliphatic carbocycles. The van der Waals surface area contributed by atoms with Crippen molar-refractivity contribution < 1.29 is 32.9 Å². The Kier molecular flexibility index (Phi) is 40.6. The van der Waals surface area contributed by atoms with E-state index in [-0.39, 0.29) is 19.1 Å². The van der Waals surface area contributed by atoms with Gasteiger partial charge in [0.15, 0.2) is 0 Å². The second-order valence-corrected chi connectivity index (χ2v) is 19.6. The molecule has 8 nitrogen and oxygen atoms in total. The molecule has 0 bridgehead atoms. The number of phosphoric acid groups is 1. The fourth-order valence-electron chi connectivity index (χ4n) is 7.21. The fourth-order valence-corrected chi connectivity index (χ4v) is 7.93. The molecule has 3 unspecified atom stereocenters. The maximum absolute atomic E-state index is 12.9. The van der Waals surface area contributed by atoms with E-state index in [2.05, 4.69) is 31.3 Å². The number of aliphatic hydroxyl groups is 1. The summed E-state index contributed by atoms with van der Waals surface area (Å²) in [5, 5.41) is 13.8. The van der Waals surface area contributed by atoms with Gasteiger partial charge in [-0.1, -0.05) is 205 Å². The van der Waals surface area contributed by atoms with Crippen molar-refractivity contribution in [1.82, 2.24) is 5.32 Å². The standard InChI is InChI=1S/C49H97N2O6P/c1-6-8-10-12-14-16-18-20-22-23-24-25-26-27-29-30-32-34-36-38-40-42-48(52)47(46-57-58(54,55)56-45-44-51(3,4)5)50-49(53)43-41-39-37-35-33-31-28-21-19-17-15-13-11-9-7-2/h21,28,40,42,47-48,52H,6-20,22-27,29-39,41,43-46H2,1-5H3,(H-,50,53,54,55)/b28-21-,42-40+. The van der Waals surface area contributed by atoms with Crippen LogP contribution in [0, 0.1) is 0 Å². The lowest BCUT2D eigenvalue weighted by molar-refractivity contribution is -0.870. The topological polar surface area (TPSA) is 108 Å². The summed E-state index contributed by atoms with van der Waals surface area (Å²) in [4.78, 5) is 25.3. The smallest absolute Gasteiger partial charge is 0.268 e. The van der Waals surface area contributed by atoms with Crippen molar-refractivity contribution in [1.29, 1.82) is 0 Å². The fraction of sp³-hybridized carbons (Fsp3) is 0.898. The molecular weight excluding hydrogens is 744 g/mol. The molecule has 3 atom stereocenters. The monoisotopic (exact) mass is 841 g/mol. The molecule has 0 rings (SSSR count). The number of hydrogen-bond donors (Lipinski definition) is 2. The van der Waals surface area contributed by atoms with E-state index >= 15 is 0 Å². The normalized spacial score (nSPS) is 14.4. The molecule has 0 aliphatic heterocycles. The van der Waals surface area contributed by atoms with Crippen LogP contribution in [0.1, 0.15) is 232 Å². The third-order valence-corrected chi connectivity index (χ3v) is 12.1. The zero-order chi connectivity index (χ0) is 42.8. The molecule has 9 heteroatoms. The van der Waals surface area contributed by atoms with Crippen LogP contribution in [0.3, 0.4) is 0 Å². The van der Waals surface area contributed by atoms with Gasteiger partial charge in [-0.2, -0.15) is 0 Å². The Morgan fingerprint density at radius 2 is 0.948 bits per heavy atom. The summed E-state index contributed by atoms with van der Waals surface area (Å²) in [6, 6.07) is -0.888. The van der Waals surface area contributed by atoms with Gasteiger partial charge >= 0.3 is 0 Å². The molecular formula is C49H97N2O6P. The summed E-state index contributed by atoms with van der Waals surface area (Å²) in [5.41, 5.74) is 0. The minimum atomic E-state index is -4.59. The average Bonchev–Trinajstić information content (AvgIpc) is 3.17. The molecule has 0 aromatic heterocycles. The number of carbonyl (C=O) groups is 1. The molecule has 344 valence electrons. The van der Waals surface area contributed by atoms with Crippen molar-refractivity contribution >= 4 is 13.7 Å². The Hall–Kier alpha value is -1.02. The van der Waals surface area contributed by atoms with Crippen LogP contribution in [0.2, 0.25) is 0 Å². The first-order chi connectivity index (χ1) is 28.0. The number of rotatable bonds is 45. The molecule has 0 saturated heterocycles. The van der Waals surface area contributed by atoms with Gasteiger partial charge in [0.25, 0.3) is 7.82 Å². The number of aliphatic hydroxyl groups excluding tert-OH is 1. The summed E-state index contributed by atoms with van der Waals surface area (Å²) < 4.78 is 23.2. The molecule has 0 fully saturated rings. The van der Waals surface area contributed by atoms with Crippen LogP contribution >= 0.6 is 7.82 Å². The Bertz CT molecular complexity index is 1000. The summed E-state index contributed by atoms with van der Waals surface area (Å²) in [6.07, 6.45) is 49.4. The minimum Gasteiger partial charge on any atom is -0.756 e. The number of nitrogens with zero attached hydrogens (tertiary/aromatic N) is 1. The van der Waals surface area contributed by atoms with Crippen molar-refractivity contribution in [2.75, 3.05) is 40.9 Å². The van der Waals surface area contributed by atoms with Crippen molar-refractivity contribution in [3.05, 3.63) is 24.3 Å². The summed E-state index contributed by atoms with van der Waals surface area (Å²) in [7, 11) is 1.26. The van der Waals surface area contributed by atoms with Crippen LogP contribution in [0.4, 0.5) is 0 Å². The summed E-state index contributed by atoms with van der Waals surface area (Å²) in [6.45, 7) is 4.65. The van der Waals surface area contributed by atoms with Crippen LogP contribution in [-0.4, -0.2) is 68.5 Å². The predicted molar refractivity (Wildman–Crippen MR) is 247 cm³/mol. The Labute approximate surface area is 360 Å². The number of allylic oxidation sites excluding steroid dienone is 3. The zero-order valence-electron chi connectivity index (χ0n) is 39.0. The first-order valence-electron chi connectivity index (χ1n) is 24.7. The van der Waals surface area contributed by atoms with Crippen molar-refractivity contribution in [2.45, 2.75) is 244 Å². The van der Waals surface area contributed by atoms with E-state index in [1.165, 1.54) is 161 Å². The van der Waals surface area contributed by atoms with Crippen LogP contribution in [0.15, 0.2) is 24.3 Å². The number of unbranched alkanes of at least 4 members (excludes halogenated alkanes) is 30. The largest absolute Gasteiger partial charge is 0.756 e. The first-order valence-corrected chi connectivity index (χ1v) is 26.2. The van der Waals surface area contributed by atoms with Crippen LogP contribution in [0.5, 0.6) is 0 Å². The van der Waals surface area contributed by atoms with Crippen molar-refractivity contribution in [3.63, 3.8) is 0 Å². The third-order valence-electron chi connectivity index (χ3n) is 11.2. The van der Waals surface area contributed by atoms with E-state index in [1.54, 1.807) is 6.08 Å². The molecule has 0 radical (unpaired) electrons. The van der Waals surface area contributed by atoms with E-state index < -0.39 is 20.0 Å². The molecule has 0 aromatic rings. The van der Waals surface area contributed by atoms with Gasteiger partial charge in [-0.25, -0.2) is 0 Å². The number of hydrogen-bond acceptors (Lipinski definition) is 6. The molecule has 58 heavy (non-hydrogen) atoms. The maximum atomic E-state index is 12.9. The maximum Gasteiger partial charge on any atom is 0.268 e. The first kappa shape index (κ1) is 57.0. The molecule has 0 aliphatic rings. The summed E-state index contributed by atoms with van der Waals surface area (Å²) in [5.74, 6) is -0.204. The molecule has 0 spiro atoms. The van der Waals surface area contributed by atoms with Crippen LogP contribution in [-0.2, 0) is 18.4 Å². The zero-order valence-corrected chi connectivity index (χ0v) is 39.9. The number of phosphoric ester groups is 1. The van der Waals surface area contributed by atoms with Gasteiger partial charge in [0.2, 0.25) is 5.91 Å². The van der Waals surface area contributed by atoms with E-state index in [0.717, 1.165) is 51.4 Å². The third kappa shape index (κ3) is 43.1. The number of likely N-dealkylation sites (N-methyl/N-ethyl adjacent to an activating group) is 1.